The summed E-state index contributed by atoms with van der Waals surface area (Å²) < 4.78 is 25.1. The number of alkyl halides is 1. The first-order valence-corrected chi connectivity index (χ1v) is 6.83. The molecule has 0 aromatic carbocycles. The van der Waals surface area contributed by atoms with Gasteiger partial charge in [0.15, 0.2) is 0 Å². The van der Waals surface area contributed by atoms with E-state index in [4.69, 9.17) is 11.6 Å². The van der Waals surface area contributed by atoms with Crippen molar-refractivity contribution in [2.75, 3.05) is 18.2 Å². The first-order chi connectivity index (χ1) is 7.14. The maximum Gasteiger partial charge on any atom is 0.211 e. The van der Waals surface area contributed by atoms with Crippen LogP contribution in [0, 0.1) is 0 Å². The number of rotatable bonds is 7. The number of hydrogen-bond donors (Lipinski definition) is 2. The Labute approximate surface area is 94.3 Å². The number of nitrogens with zero attached hydrogens (tertiary/aromatic N) is 1. The van der Waals surface area contributed by atoms with Gasteiger partial charge >= 0.3 is 0 Å². The summed E-state index contributed by atoms with van der Waals surface area (Å²) in [6.07, 6.45) is 4.32. The predicted octanol–water partition coefficient (Wildman–Crippen LogP) is 0.501. The molecule has 0 saturated carbocycles. The zero-order chi connectivity index (χ0) is 11.1. The van der Waals surface area contributed by atoms with Crippen LogP contribution >= 0.6 is 11.6 Å². The number of nitrogens with one attached hydrogen (secondary N) is 2. The molecule has 0 amide bonds. The molecule has 0 fully saturated rings. The molecule has 0 aliphatic carbocycles. The van der Waals surface area contributed by atoms with Gasteiger partial charge in [0.25, 0.3) is 0 Å². The van der Waals surface area contributed by atoms with Gasteiger partial charge in [0.1, 0.15) is 0 Å². The summed E-state index contributed by atoms with van der Waals surface area (Å²) in [5.74, 6) is 0.445. The molecule has 86 valence electrons. The van der Waals surface area contributed by atoms with E-state index in [9.17, 15) is 8.42 Å². The minimum atomic E-state index is -3.17. The van der Waals surface area contributed by atoms with E-state index < -0.39 is 10.0 Å². The van der Waals surface area contributed by atoms with Crippen LogP contribution in [0.25, 0.3) is 0 Å². The maximum absolute atomic E-state index is 11.3. The van der Waals surface area contributed by atoms with Gasteiger partial charge in [-0.1, -0.05) is 0 Å². The van der Waals surface area contributed by atoms with Crippen molar-refractivity contribution in [3.8, 4) is 0 Å². The second-order valence-electron chi connectivity index (χ2n) is 3.08. The third kappa shape index (κ3) is 5.15. The largest absolute Gasteiger partial charge is 0.348 e. The highest BCUT2D eigenvalue weighted by atomic mass is 35.5. The van der Waals surface area contributed by atoms with Crippen LogP contribution in [0.3, 0.4) is 0 Å². The highest BCUT2D eigenvalue weighted by Gasteiger charge is 2.08. The van der Waals surface area contributed by atoms with Gasteiger partial charge in [-0.05, 0) is 6.42 Å². The second-order valence-corrected chi connectivity index (χ2v) is 5.39. The Kier molecular flexibility index (Phi) is 5.07. The van der Waals surface area contributed by atoms with E-state index in [0.29, 0.717) is 25.3 Å². The predicted molar refractivity (Wildman–Crippen MR) is 59.4 cm³/mol. The van der Waals surface area contributed by atoms with Crippen molar-refractivity contribution in [3.05, 3.63) is 18.2 Å². The fourth-order valence-corrected chi connectivity index (χ4v) is 2.45. The van der Waals surface area contributed by atoms with Gasteiger partial charge in [-0.3, -0.25) is 0 Å². The highest BCUT2D eigenvalue weighted by molar-refractivity contribution is 7.89. The number of hydrogen-bond acceptors (Lipinski definition) is 3. The van der Waals surface area contributed by atoms with Crippen LogP contribution in [0.2, 0.25) is 0 Å². The molecule has 0 saturated heterocycles. The molecule has 1 rings (SSSR count). The average molecular weight is 252 g/mol. The lowest BCUT2D eigenvalue weighted by atomic mass is 10.3. The lowest BCUT2D eigenvalue weighted by Crippen LogP contribution is -2.28. The monoisotopic (exact) mass is 251 g/mol. The average Bonchev–Trinajstić information content (AvgIpc) is 2.67. The van der Waals surface area contributed by atoms with Crippen LogP contribution in [-0.4, -0.2) is 36.6 Å². The third-order valence-corrected chi connectivity index (χ3v) is 3.56. The Bertz CT molecular complexity index is 363. The van der Waals surface area contributed by atoms with Gasteiger partial charge in [-0.25, -0.2) is 18.1 Å². The fourth-order valence-electron chi connectivity index (χ4n) is 1.08. The number of sulfonamides is 1. The Morgan fingerprint density at radius 2 is 2.33 bits per heavy atom. The molecule has 0 bridgehead atoms. The summed E-state index contributed by atoms with van der Waals surface area (Å²) >= 11 is 5.42. The van der Waals surface area contributed by atoms with Crippen molar-refractivity contribution in [2.45, 2.75) is 12.8 Å². The van der Waals surface area contributed by atoms with Gasteiger partial charge in [0.2, 0.25) is 10.0 Å². The van der Waals surface area contributed by atoms with Crippen LogP contribution in [0.15, 0.2) is 12.5 Å². The molecule has 0 aliphatic rings. The van der Waals surface area contributed by atoms with Crippen molar-refractivity contribution < 1.29 is 8.42 Å². The summed E-state index contributed by atoms with van der Waals surface area (Å²) in [4.78, 5) is 6.74. The number of aromatic nitrogens is 2. The topological polar surface area (TPSA) is 74.8 Å². The molecule has 0 atom stereocenters. The first kappa shape index (κ1) is 12.5. The van der Waals surface area contributed by atoms with Gasteiger partial charge in [-0.15, -0.1) is 11.6 Å². The Morgan fingerprint density at radius 1 is 1.53 bits per heavy atom. The zero-order valence-corrected chi connectivity index (χ0v) is 9.81. The quantitative estimate of drug-likeness (QED) is 0.693. The normalized spacial score (nSPS) is 11.8. The van der Waals surface area contributed by atoms with E-state index in [1.54, 1.807) is 12.5 Å². The summed E-state index contributed by atoms with van der Waals surface area (Å²) in [7, 11) is -3.17. The Balaban J connectivity index is 2.24. The van der Waals surface area contributed by atoms with E-state index in [1.165, 1.54) is 0 Å². The van der Waals surface area contributed by atoms with E-state index in [2.05, 4.69) is 14.7 Å². The summed E-state index contributed by atoms with van der Waals surface area (Å²) in [6, 6.07) is 0. The van der Waals surface area contributed by atoms with Gasteiger partial charge in [-0.2, -0.15) is 0 Å². The van der Waals surface area contributed by atoms with E-state index in [-0.39, 0.29) is 5.75 Å². The molecule has 15 heavy (non-hydrogen) atoms. The van der Waals surface area contributed by atoms with Crippen LogP contribution in [0.4, 0.5) is 0 Å². The SMILES string of the molecule is O=S(=O)(CCCCl)NCCc1cnc[nH]1. The van der Waals surface area contributed by atoms with Crippen molar-refractivity contribution >= 4 is 21.6 Å². The summed E-state index contributed by atoms with van der Waals surface area (Å²) in [5.41, 5.74) is 0.912. The van der Waals surface area contributed by atoms with E-state index >= 15 is 0 Å². The molecule has 1 aromatic rings. The van der Waals surface area contributed by atoms with Crippen LogP contribution in [0.1, 0.15) is 12.1 Å². The minimum absolute atomic E-state index is 0.0828. The molecule has 7 heteroatoms. The van der Waals surface area contributed by atoms with Crippen LogP contribution in [-0.2, 0) is 16.4 Å². The molecule has 0 spiro atoms. The first-order valence-electron chi connectivity index (χ1n) is 4.64. The number of imidazole rings is 1. The molecular weight excluding hydrogens is 238 g/mol. The van der Waals surface area contributed by atoms with Crippen molar-refractivity contribution in [1.29, 1.82) is 0 Å². The summed E-state index contributed by atoms with van der Waals surface area (Å²) in [5, 5.41) is 0. The smallest absolute Gasteiger partial charge is 0.211 e. The number of aromatic amines is 1. The summed E-state index contributed by atoms with van der Waals surface area (Å²) in [6.45, 7) is 0.382. The van der Waals surface area contributed by atoms with Gasteiger partial charge < -0.3 is 4.98 Å². The third-order valence-electron chi connectivity index (χ3n) is 1.82. The van der Waals surface area contributed by atoms with Crippen LogP contribution < -0.4 is 4.72 Å². The fraction of sp³-hybridized carbons (Fsp3) is 0.625. The Hall–Kier alpha value is -0.590. The maximum atomic E-state index is 11.3. The molecule has 2 N–H and O–H groups in total. The number of halogens is 1. The lowest BCUT2D eigenvalue weighted by Gasteiger charge is -2.04. The highest BCUT2D eigenvalue weighted by Crippen LogP contribution is 1.94. The van der Waals surface area contributed by atoms with E-state index in [1.807, 2.05) is 0 Å². The molecule has 0 aliphatic heterocycles. The van der Waals surface area contributed by atoms with Gasteiger partial charge in [0, 0.05) is 30.7 Å². The van der Waals surface area contributed by atoms with E-state index in [0.717, 1.165) is 5.69 Å². The molecule has 5 nitrogen and oxygen atoms in total. The molecule has 1 aromatic heterocycles. The molecule has 0 radical (unpaired) electrons. The second kappa shape index (κ2) is 6.09. The van der Waals surface area contributed by atoms with Crippen molar-refractivity contribution in [1.82, 2.24) is 14.7 Å². The van der Waals surface area contributed by atoms with Crippen molar-refractivity contribution in [2.24, 2.45) is 0 Å². The number of H-pyrrole nitrogens is 1. The zero-order valence-electron chi connectivity index (χ0n) is 8.24. The lowest BCUT2D eigenvalue weighted by molar-refractivity contribution is 0.580. The molecular formula is C8H14ClN3O2S. The minimum Gasteiger partial charge on any atom is -0.348 e. The molecule has 1 heterocycles. The van der Waals surface area contributed by atoms with Gasteiger partial charge in [0.05, 0.1) is 12.1 Å². The van der Waals surface area contributed by atoms with Crippen LogP contribution in [0.5, 0.6) is 0 Å². The van der Waals surface area contributed by atoms with Crippen molar-refractivity contribution in [3.63, 3.8) is 0 Å². The Morgan fingerprint density at radius 3 is 2.93 bits per heavy atom. The molecule has 0 unspecified atom stereocenters. The standard InChI is InChI=1S/C8H14ClN3O2S/c9-3-1-5-15(13,14)12-4-2-8-6-10-7-11-8/h6-7,12H,1-5H2,(H,10,11).